The summed E-state index contributed by atoms with van der Waals surface area (Å²) in [4.78, 5) is 28.0. The van der Waals surface area contributed by atoms with E-state index in [1.807, 2.05) is 18.2 Å². The van der Waals surface area contributed by atoms with Crippen molar-refractivity contribution in [3.63, 3.8) is 0 Å². The average Bonchev–Trinajstić information content (AvgIpc) is 2.69. The maximum absolute atomic E-state index is 12.3. The third-order valence-electron chi connectivity index (χ3n) is 4.73. The van der Waals surface area contributed by atoms with Crippen LogP contribution in [0.3, 0.4) is 0 Å². The molecule has 1 N–H and O–H groups in total. The Morgan fingerprint density at radius 1 is 1.04 bits per heavy atom. The standard InChI is InChI=1S/C21H25N3O3/c1-16(25)17-6-8-18(9-7-17)22-21(26)15-23-10-12-24(13-11-23)19-4-3-5-20(14-19)27-2/h3-9,14H,10-13,15H2,1-2H3,(H,22,26). The van der Waals surface area contributed by atoms with Gasteiger partial charge in [-0.3, -0.25) is 14.5 Å². The highest BCUT2D eigenvalue weighted by atomic mass is 16.5. The molecule has 0 bridgehead atoms. The molecule has 0 aromatic heterocycles. The van der Waals surface area contributed by atoms with E-state index in [0.29, 0.717) is 17.8 Å². The van der Waals surface area contributed by atoms with Crippen LogP contribution < -0.4 is 15.0 Å². The van der Waals surface area contributed by atoms with E-state index in [1.165, 1.54) is 6.92 Å². The van der Waals surface area contributed by atoms with Gasteiger partial charge >= 0.3 is 0 Å². The van der Waals surface area contributed by atoms with E-state index in [4.69, 9.17) is 4.74 Å². The fourth-order valence-electron chi connectivity index (χ4n) is 3.16. The minimum absolute atomic E-state index is 0.0155. The van der Waals surface area contributed by atoms with Gasteiger partial charge in [-0.25, -0.2) is 0 Å². The van der Waals surface area contributed by atoms with Crippen LogP contribution in [0.1, 0.15) is 17.3 Å². The number of hydrogen-bond donors (Lipinski definition) is 1. The van der Waals surface area contributed by atoms with Crippen molar-refractivity contribution in [2.75, 3.05) is 50.1 Å². The zero-order valence-corrected chi connectivity index (χ0v) is 15.8. The molecular weight excluding hydrogens is 342 g/mol. The monoisotopic (exact) mass is 367 g/mol. The average molecular weight is 367 g/mol. The van der Waals surface area contributed by atoms with E-state index in [-0.39, 0.29) is 11.7 Å². The van der Waals surface area contributed by atoms with Crippen molar-refractivity contribution >= 4 is 23.1 Å². The zero-order chi connectivity index (χ0) is 19.2. The molecule has 3 rings (SSSR count). The highest BCUT2D eigenvalue weighted by molar-refractivity contribution is 5.96. The molecule has 1 fully saturated rings. The van der Waals surface area contributed by atoms with Crippen molar-refractivity contribution in [1.82, 2.24) is 4.90 Å². The first-order valence-corrected chi connectivity index (χ1v) is 9.07. The topological polar surface area (TPSA) is 61.9 Å². The summed E-state index contributed by atoms with van der Waals surface area (Å²) in [5.41, 5.74) is 2.49. The van der Waals surface area contributed by atoms with Gasteiger partial charge in [-0.15, -0.1) is 0 Å². The number of carbonyl (C=O) groups excluding carboxylic acids is 2. The fraction of sp³-hybridized carbons (Fsp3) is 0.333. The van der Waals surface area contributed by atoms with Crippen molar-refractivity contribution < 1.29 is 14.3 Å². The normalized spacial score (nSPS) is 14.7. The first-order valence-electron chi connectivity index (χ1n) is 9.07. The smallest absolute Gasteiger partial charge is 0.238 e. The lowest BCUT2D eigenvalue weighted by atomic mass is 10.1. The molecule has 0 spiro atoms. The van der Waals surface area contributed by atoms with Crippen molar-refractivity contribution in [3.05, 3.63) is 54.1 Å². The molecule has 2 aromatic rings. The molecule has 142 valence electrons. The van der Waals surface area contributed by atoms with E-state index < -0.39 is 0 Å². The molecule has 0 atom stereocenters. The first kappa shape index (κ1) is 18.9. The molecule has 6 nitrogen and oxygen atoms in total. The number of hydrogen-bond acceptors (Lipinski definition) is 5. The summed E-state index contributed by atoms with van der Waals surface area (Å²) in [5.74, 6) is 0.826. The second-order valence-corrected chi connectivity index (χ2v) is 6.65. The lowest BCUT2D eigenvalue weighted by Crippen LogP contribution is -2.48. The zero-order valence-electron chi connectivity index (χ0n) is 15.8. The van der Waals surface area contributed by atoms with Gasteiger partial charge in [0.05, 0.1) is 13.7 Å². The number of ketones is 1. The summed E-state index contributed by atoms with van der Waals surface area (Å²) < 4.78 is 5.29. The van der Waals surface area contributed by atoms with E-state index in [1.54, 1.807) is 31.4 Å². The molecule has 1 amide bonds. The van der Waals surface area contributed by atoms with E-state index in [0.717, 1.165) is 37.6 Å². The molecule has 1 aliphatic heterocycles. The van der Waals surface area contributed by atoms with Crippen LogP contribution in [0.2, 0.25) is 0 Å². The third kappa shape index (κ3) is 5.08. The molecule has 27 heavy (non-hydrogen) atoms. The van der Waals surface area contributed by atoms with Crippen molar-refractivity contribution in [1.29, 1.82) is 0 Å². The minimum atomic E-state index is -0.0413. The molecule has 0 saturated carbocycles. The van der Waals surface area contributed by atoms with Gasteiger partial charge in [0.25, 0.3) is 0 Å². The van der Waals surface area contributed by atoms with Crippen LogP contribution in [0.4, 0.5) is 11.4 Å². The number of anilines is 2. The summed E-state index contributed by atoms with van der Waals surface area (Å²) in [6.45, 7) is 5.28. The fourth-order valence-corrected chi connectivity index (χ4v) is 3.16. The summed E-state index contributed by atoms with van der Waals surface area (Å²) in [7, 11) is 1.67. The lowest BCUT2D eigenvalue weighted by molar-refractivity contribution is -0.117. The number of rotatable bonds is 6. The van der Waals surface area contributed by atoms with Crippen molar-refractivity contribution in [2.45, 2.75) is 6.92 Å². The Kier molecular flexibility index (Phi) is 6.08. The van der Waals surface area contributed by atoms with Crippen molar-refractivity contribution in [2.24, 2.45) is 0 Å². The number of nitrogens with one attached hydrogen (secondary N) is 1. The Balaban J connectivity index is 1.48. The maximum Gasteiger partial charge on any atom is 0.238 e. The number of amides is 1. The molecule has 0 unspecified atom stereocenters. The van der Waals surface area contributed by atoms with Gasteiger partial charge in [-0.1, -0.05) is 6.07 Å². The summed E-state index contributed by atoms with van der Waals surface area (Å²) in [6.07, 6.45) is 0. The number of Topliss-reactive ketones (excluding diaryl/α,β-unsaturated/α-hetero) is 1. The maximum atomic E-state index is 12.3. The molecule has 2 aromatic carbocycles. The van der Waals surface area contributed by atoms with Gasteiger partial charge in [0.15, 0.2) is 5.78 Å². The van der Waals surface area contributed by atoms with Crippen molar-refractivity contribution in [3.8, 4) is 5.75 Å². The van der Waals surface area contributed by atoms with Crippen LogP contribution in [0.25, 0.3) is 0 Å². The quantitative estimate of drug-likeness (QED) is 0.796. The highest BCUT2D eigenvalue weighted by Gasteiger charge is 2.19. The summed E-state index contributed by atoms with van der Waals surface area (Å²) >= 11 is 0. The number of piperazine rings is 1. The Morgan fingerprint density at radius 3 is 2.37 bits per heavy atom. The van der Waals surface area contributed by atoms with Gasteiger partial charge in [-0.2, -0.15) is 0 Å². The molecule has 1 heterocycles. The van der Waals surface area contributed by atoms with Crippen LogP contribution in [0, 0.1) is 0 Å². The summed E-state index contributed by atoms with van der Waals surface area (Å²) in [6, 6.07) is 15.0. The number of nitrogens with zero attached hydrogens (tertiary/aromatic N) is 2. The molecule has 0 radical (unpaired) electrons. The third-order valence-corrected chi connectivity index (χ3v) is 4.73. The van der Waals surface area contributed by atoms with Gasteiger partial charge in [0.1, 0.15) is 5.75 Å². The predicted molar refractivity (Wildman–Crippen MR) is 107 cm³/mol. The minimum Gasteiger partial charge on any atom is -0.497 e. The molecule has 1 aliphatic rings. The number of benzene rings is 2. The Labute approximate surface area is 159 Å². The van der Waals surface area contributed by atoms with Gasteiger partial charge in [-0.05, 0) is 43.3 Å². The molecule has 0 aliphatic carbocycles. The largest absolute Gasteiger partial charge is 0.497 e. The van der Waals surface area contributed by atoms with Crippen LogP contribution in [0.5, 0.6) is 5.75 Å². The lowest BCUT2D eigenvalue weighted by Gasteiger charge is -2.35. The molecule has 6 heteroatoms. The number of carbonyl (C=O) groups is 2. The van der Waals surface area contributed by atoms with Crippen LogP contribution in [-0.2, 0) is 4.79 Å². The molecule has 1 saturated heterocycles. The number of ether oxygens (including phenoxy) is 1. The highest BCUT2D eigenvalue weighted by Crippen LogP contribution is 2.22. The van der Waals surface area contributed by atoms with E-state index in [2.05, 4.69) is 21.2 Å². The van der Waals surface area contributed by atoms with E-state index in [9.17, 15) is 9.59 Å². The Hall–Kier alpha value is -2.86. The summed E-state index contributed by atoms with van der Waals surface area (Å²) in [5, 5.41) is 2.89. The van der Waals surface area contributed by atoms with Crippen LogP contribution in [-0.4, -0.2) is 56.4 Å². The van der Waals surface area contributed by atoms with Gasteiger partial charge < -0.3 is 15.0 Å². The Morgan fingerprint density at radius 2 is 1.74 bits per heavy atom. The second kappa shape index (κ2) is 8.68. The van der Waals surface area contributed by atoms with Gasteiger partial charge in [0, 0.05) is 49.2 Å². The predicted octanol–water partition coefficient (Wildman–Crippen LogP) is 2.66. The number of methoxy groups -OCH3 is 1. The van der Waals surface area contributed by atoms with Crippen LogP contribution >= 0.6 is 0 Å². The first-order chi connectivity index (χ1) is 13.0. The second-order valence-electron chi connectivity index (χ2n) is 6.65. The SMILES string of the molecule is COc1cccc(N2CCN(CC(=O)Nc3ccc(C(C)=O)cc3)CC2)c1. The van der Waals surface area contributed by atoms with E-state index >= 15 is 0 Å². The Bertz CT molecular complexity index is 797. The molecular formula is C21H25N3O3. The van der Waals surface area contributed by atoms with Gasteiger partial charge in [0.2, 0.25) is 5.91 Å². The van der Waals surface area contributed by atoms with Crippen LogP contribution in [0.15, 0.2) is 48.5 Å².